The molecule has 0 radical (unpaired) electrons. The molecule has 0 spiro atoms. The average molecular weight is 358 g/mol. The topological polar surface area (TPSA) is 24.5 Å². The third-order valence-corrected chi connectivity index (χ3v) is 4.53. The van der Waals surface area contributed by atoms with Crippen molar-refractivity contribution < 1.29 is 17.9 Å². The molecule has 1 aliphatic rings. The van der Waals surface area contributed by atoms with Crippen molar-refractivity contribution >= 4 is 0 Å². The van der Waals surface area contributed by atoms with Gasteiger partial charge in [-0.05, 0) is 43.7 Å². The summed E-state index contributed by atoms with van der Waals surface area (Å²) in [4.78, 5) is 2.52. The van der Waals surface area contributed by atoms with Crippen LogP contribution >= 0.6 is 0 Å². The standard InChI is InChI=1S/C19H29F3N2O/c20-19(21,22)17-7-9-18(10-8-17)25-16-6-4-2-1-3-5-13-24-14-11-23-12-15-24/h7-10,23H,1-6,11-16H2. The molecule has 0 amide bonds. The highest BCUT2D eigenvalue weighted by Gasteiger charge is 2.29. The van der Waals surface area contributed by atoms with Crippen LogP contribution in [0.1, 0.15) is 44.1 Å². The Morgan fingerprint density at radius 1 is 0.880 bits per heavy atom. The Hall–Kier alpha value is -1.27. The minimum absolute atomic E-state index is 0.504. The van der Waals surface area contributed by atoms with Gasteiger partial charge in [0.2, 0.25) is 0 Å². The van der Waals surface area contributed by atoms with Crippen LogP contribution in [0.3, 0.4) is 0 Å². The smallest absolute Gasteiger partial charge is 0.416 e. The van der Waals surface area contributed by atoms with Crippen LogP contribution in [-0.2, 0) is 6.18 Å². The molecule has 142 valence electrons. The van der Waals surface area contributed by atoms with Gasteiger partial charge in [-0.1, -0.05) is 25.7 Å². The zero-order valence-corrected chi connectivity index (χ0v) is 14.8. The molecule has 0 bridgehead atoms. The van der Waals surface area contributed by atoms with Crippen LogP contribution in [-0.4, -0.2) is 44.2 Å². The second kappa shape index (κ2) is 10.7. The maximum Gasteiger partial charge on any atom is 0.416 e. The van der Waals surface area contributed by atoms with Crippen LogP contribution in [0.15, 0.2) is 24.3 Å². The summed E-state index contributed by atoms with van der Waals surface area (Å²) in [7, 11) is 0. The van der Waals surface area contributed by atoms with E-state index < -0.39 is 11.7 Å². The Balaban J connectivity index is 1.44. The number of piperazine rings is 1. The first-order valence-corrected chi connectivity index (χ1v) is 9.29. The van der Waals surface area contributed by atoms with E-state index in [-0.39, 0.29) is 0 Å². The lowest BCUT2D eigenvalue weighted by Crippen LogP contribution is -2.43. The number of rotatable bonds is 10. The average Bonchev–Trinajstić information content (AvgIpc) is 2.61. The van der Waals surface area contributed by atoms with E-state index in [1.54, 1.807) is 0 Å². The molecular formula is C19H29F3N2O. The predicted molar refractivity (Wildman–Crippen MR) is 94.0 cm³/mol. The Morgan fingerprint density at radius 3 is 2.12 bits per heavy atom. The van der Waals surface area contributed by atoms with Crippen molar-refractivity contribution in [1.82, 2.24) is 10.2 Å². The minimum Gasteiger partial charge on any atom is -0.494 e. The Kier molecular flexibility index (Phi) is 8.55. The molecule has 1 N–H and O–H groups in total. The Labute approximate surface area is 148 Å². The zero-order valence-electron chi connectivity index (χ0n) is 14.8. The molecule has 0 saturated carbocycles. The molecule has 6 heteroatoms. The molecule has 25 heavy (non-hydrogen) atoms. The first-order valence-electron chi connectivity index (χ1n) is 9.29. The number of hydrogen-bond acceptors (Lipinski definition) is 3. The van der Waals surface area contributed by atoms with Crippen LogP contribution in [0.2, 0.25) is 0 Å². The molecule has 1 heterocycles. The van der Waals surface area contributed by atoms with Gasteiger partial charge in [0, 0.05) is 26.2 Å². The SMILES string of the molecule is FC(F)(F)c1ccc(OCCCCCCCCN2CCNCC2)cc1. The fourth-order valence-electron chi connectivity index (χ4n) is 3.01. The lowest BCUT2D eigenvalue weighted by atomic mass is 10.1. The summed E-state index contributed by atoms with van der Waals surface area (Å²) in [6, 6.07) is 4.90. The van der Waals surface area contributed by atoms with Crippen LogP contribution in [0.4, 0.5) is 13.2 Å². The third kappa shape index (κ3) is 8.10. The van der Waals surface area contributed by atoms with Crippen molar-refractivity contribution in [3.05, 3.63) is 29.8 Å². The Bertz CT molecular complexity index is 471. The minimum atomic E-state index is -4.29. The molecule has 1 fully saturated rings. The predicted octanol–water partition coefficient (Wildman–Crippen LogP) is 4.33. The summed E-state index contributed by atoms with van der Waals surface area (Å²) in [6.07, 6.45) is 2.73. The van der Waals surface area contributed by atoms with Gasteiger partial charge in [-0.25, -0.2) is 0 Å². The molecule has 1 aromatic carbocycles. The molecule has 1 aliphatic heterocycles. The second-order valence-electron chi connectivity index (χ2n) is 6.58. The lowest BCUT2D eigenvalue weighted by molar-refractivity contribution is -0.137. The van der Waals surface area contributed by atoms with Gasteiger partial charge in [-0.2, -0.15) is 13.2 Å². The van der Waals surface area contributed by atoms with E-state index in [0.717, 1.165) is 38.1 Å². The number of nitrogens with one attached hydrogen (secondary N) is 1. The number of alkyl halides is 3. The van der Waals surface area contributed by atoms with Crippen molar-refractivity contribution in [3.8, 4) is 5.75 Å². The largest absolute Gasteiger partial charge is 0.494 e. The monoisotopic (exact) mass is 358 g/mol. The van der Waals surface area contributed by atoms with Gasteiger partial charge < -0.3 is 15.0 Å². The number of nitrogens with zero attached hydrogens (tertiary/aromatic N) is 1. The maximum atomic E-state index is 12.5. The molecule has 0 unspecified atom stereocenters. The van der Waals surface area contributed by atoms with E-state index in [1.165, 1.54) is 57.5 Å². The number of benzene rings is 1. The highest BCUT2D eigenvalue weighted by Crippen LogP contribution is 2.30. The van der Waals surface area contributed by atoms with E-state index in [9.17, 15) is 13.2 Å². The van der Waals surface area contributed by atoms with Gasteiger partial charge in [0.1, 0.15) is 5.75 Å². The van der Waals surface area contributed by atoms with E-state index in [4.69, 9.17) is 4.74 Å². The van der Waals surface area contributed by atoms with E-state index in [1.807, 2.05) is 0 Å². The van der Waals surface area contributed by atoms with Crippen LogP contribution in [0, 0.1) is 0 Å². The summed E-state index contributed by atoms with van der Waals surface area (Å²) in [5.74, 6) is 0.504. The van der Waals surface area contributed by atoms with Gasteiger partial charge in [0.05, 0.1) is 12.2 Å². The van der Waals surface area contributed by atoms with E-state index in [0.29, 0.717) is 12.4 Å². The van der Waals surface area contributed by atoms with Gasteiger partial charge in [-0.3, -0.25) is 0 Å². The fourth-order valence-corrected chi connectivity index (χ4v) is 3.01. The van der Waals surface area contributed by atoms with Crippen molar-refractivity contribution in [3.63, 3.8) is 0 Å². The first kappa shape index (κ1) is 20.0. The molecule has 3 nitrogen and oxygen atoms in total. The normalized spacial score (nSPS) is 16.1. The molecule has 1 aromatic rings. The summed E-state index contributed by atoms with van der Waals surface area (Å²) in [5.41, 5.74) is -0.638. The van der Waals surface area contributed by atoms with Gasteiger partial charge in [0.15, 0.2) is 0 Å². The second-order valence-corrected chi connectivity index (χ2v) is 6.58. The van der Waals surface area contributed by atoms with Crippen molar-refractivity contribution in [2.24, 2.45) is 0 Å². The number of halogens is 3. The van der Waals surface area contributed by atoms with Crippen molar-refractivity contribution in [1.29, 1.82) is 0 Å². The molecule has 0 atom stereocenters. The molecule has 2 rings (SSSR count). The first-order chi connectivity index (χ1) is 12.1. The maximum absolute atomic E-state index is 12.5. The number of hydrogen-bond donors (Lipinski definition) is 1. The van der Waals surface area contributed by atoms with E-state index in [2.05, 4.69) is 10.2 Å². The number of ether oxygens (including phenoxy) is 1. The highest BCUT2D eigenvalue weighted by molar-refractivity contribution is 5.28. The van der Waals surface area contributed by atoms with Crippen LogP contribution < -0.4 is 10.1 Å². The van der Waals surface area contributed by atoms with Crippen LogP contribution in [0.5, 0.6) is 5.75 Å². The molecular weight excluding hydrogens is 329 g/mol. The summed E-state index contributed by atoms with van der Waals surface area (Å²) in [6.45, 7) is 6.32. The van der Waals surface area contributed by atoms with Crippen molar-refractivity contribution in [2.75, 3.05) is 39.3 Å². The fraction of sp³-hybridized carbons (Fsp3) is 0.684. The van der Waals surface area contributed by atoms with E-state index >= 15 is 0 Å². The quantitative estimate of drug-likeness (QED) is 0.630. The highest BCUT2D eigenvalue weighted by atomic mass is 19.4. The molecule has 0 aliphatic carbocycles. The third-order valence-electron chi connectivity index (χ3n) is 4.53. The van der Waals surface area contributed by atoms with Crippen molar-refractivity contribution in [2.45, 2.75) is 44.7 Å². The number of unbranched alkanes of at least 4 members (excludes halogenated alkanes) is 5. The van der Waals surface area contributed by atoms with Gasteiger partial charge in [0.25, 0.3) is 0 Å². The van der Waals surface area contributed by atoms with Crippen LogP contribution in [0.25, 0.3) is 0 Å². The van der Waals surface area contributed by atoms with Gasteiger partial charge in [-0.15, -0.1) is 0 Å². The molecule has 1 saturated heterocycles. The lowest BCUT2D eigenvalue weighted by Gasteiger charge is -2.27. The van der Waals surface area contributed by atoms with Gasteiger partial charge >= 0.3 is 6.18 Å². The molecule has 0 aromatic heterocycles. The zero-order chi connectivity index (χ0) is 18.0. The Morgan fingerprint density at radius 2 is 1.48 bits per heavy atom. The summed E-state index contributed by atoms with van der Waals surface area (Å²) < 4.78 is 42.9. The summed E-state index contributed by atoms with van der Waals surface area (Å²) >= 11 is 0. The summed E-state index contributed by atoms with van der Waals surface area (Å²) in [5, 5.41) is 3.36.